The first kappa shape index (κ1) is 19.0. The molecule has 5 nitrogen and oxygen atoms in total. The van der Waals surface area contributed by atoms with Crippen molar-refractivity contribution in [2.45, 2.75) is 24.6 Å². The molecule has 0 fully saturated rings. The van der Waals surface area contributed by atoms with E-state index in [-0.39, 0.29) is 6.61 Å². The van der Waals surface area contributed by atoms with Crippen LogP contribution < -0.4 is 4.74 Å². The van der Waals surface area contributed by atoms with E-state index in [1.54, 1.807) is 6.20 Å². The number of imidazole rings is 1. The topological polar surface area (TPSA) is 71.1 Å². The number of aliphatic hydroxyl groups excluding tert-OH is 1. The van der Waals surface area contributed by atoms with Crippen molar-refractivity contribution >= 4 is 11.8 Å². The van der Waals surface area contributed by atoms with E-state index in [0.29, 0.717) is 17.9 Å². The standard InChI is InChI=1S/C21H21N3O2S/c1-16-3-2-4-18(13-16)24-12-11-23-21(24)27-15-19(25)14-26-20-7-5-17(6-8-20)9-10-22/h2-8,11-13,19,25H,9,14-15H2,1H3. The number of thioether (sulfide) groups is 1. The Morgan fingerprint density at radius 1 is 1.26 bits per heavy atom. The number of benzene rings is 2. The third-order valence-corrected chi connectivity index (χ3v) is 5.05. The average molecular weight is 379 g/mol. The summed E-state index contributed by atoms with van der Waals surface area (Å²) >= 11 is 1.49. The van der Waals surface area contributed by atoms with Crippen LogP contribution in [-0.4, -0.2) is 33.1 Å². The van der Waals surface area contributed by atoms with E-state index in [1.807, 2.05) is 47.2 Å². The van der Waals surface area contributed by atoms with Gasteiger partial charge >= 0.3 is 0 Å². The maximum Gasteiger partial charge on any atom is 0.172 e. The van der Waals surface area contributed by atoms with Crippen molar-refractivity contribution in [3.05, 3.63) is 72.1 Å². The zero-order chi connectivity index (χ0) is 19.1. The Labute approximate surface area is 163 Å². The molecule has 0 aliphatic heterocycles. The van der Waals surface area contributed by atoms with E-state index in [0.717, 1.165) is 16.4 Å². The van der Waals surface area contributed by atoms with Gasteiger partial charge in [0.05, 0.1) is 18.6 Å². The van der Waals surface area contributed by atoms with E-state index >= 15 is 0 Å². The number of hydrogen-bond donors (Lipinski definition) is 1. The number of hydrogen-bond acceptors (Lipinski definition) is 5. The Kier molecular flexibility index (Phi) is 6.53. The first-order chi connectivity index (χ1) is 13.2. The average Bonchev–Trinajstić information content (AvgIpc) is 3.15. The van der Waals surface area contributed by atoms with Gasteiger partial charge in [-0.1, -0.05) is 36.0 Å². The summed E-state index contributed by atoms with van der Waals surface area (Å²) in [5.74, 6) is 1.16. The lowest BCUT2D eigenvalue weighted by molar-refractivity contribution is 0.126. The number of nitrogens with zero attached hydrogens (tertiary/aromatic N) is 3. The van der Waals surface area contributed by atoms with Crippen LogP contribution in [0.5, 0.6) is 5.75 Å². The smallest absolute Gasteiger partial charge is 0.172 e. The summed E-state index contributed by atoms with van der Waals surface area (Å²) in [6, 6.07) is 17.7. The fourth-order valence-electron chi connectivity index (χ4n) is 2.58. The Bertz CT molecular complexity index is 916. The number of aromatic nitrogens is 2. The summed E-state index contributed by atoms with van der Waals surface area (Å²) in [6.07, 6.45) is 3.45. The molecule has 2 aromatic carbocycles. The van der Waals surface area contributed by atoms with E-state index in [4.69, 9.17) is 10.00 Å². The van der Waals surface area contributed by atoms with Gasteiger partial charge in [-0.05, 0) is 42.3 Å². The first-order valence-corrected chi connectivity index (χ1v) is 9.64. The normalized spacial score (nSPS) is 11.7. The van der Waals surface area contributed by atoms with Crippen LogP contribution in [0.1, 0.15) is 11.1 Å². The van der Waals surface area contributed by atoms with Gasteiger partial charge in [0.15, 0.2) is 5.16 Å². The highest BCUT2D eigenvalue weighted by atomic mass is 32.2. The van der Waals surface area contributed by atoms with Crippen LogP contribution in [0.3, 0.4) is 0 Å². The molecule has 6 heteroatoms. The number of aliphatic hydroxyl groups is 1. The van der Waals surface area contributed by atoms with Gasteiger partial charge in [-0.2, -0.15) is 5.26 Å². The van der Waals surface area contributed by atoms with E-state index in [2.05, 4.69) is 30.1 Å². The second-order valence-electron chi connectivity index (χ2n) is 6.17. The fraction of sp³-hybridized carbons (Fsp3) is 0.238. The van der Waals surface area contributed by atoms with Crippen LogP contribution in [0.15, 0.2) is 66.1 Å². The second kappa shape index (κ2) is 9.26. The van der Waals surface area contributed by atoms with Crippen molar-refractivity contribution in [1.29, 1.82) is 5.26 Å². The predicted molar refractivity (Wildman–Crippen MR) is 106 cm³/mol. The van der Waals surface area contributed by atoms with Gasteiger partial charge in [-0.15, -0.1) is 0 Å². The molecule has 0 bridgehead atoms. The minimum Gasteiger partial charge on any atom is -0.491 e. The highest BCUT2D eigenvalue weighted by Gasteiger charge is 2.11. The van der Waals surface area contributed by atoms with Crippen LogP contribution in [0, 0.1) is 18.3 Å². The van der Waals surface area contributed by atoms with Crippen LogP contribution >= 0.6 is 11.8 Å². The Morgan fingerprint density at radius 3 is 2.81 bits per heavy atom. The monoisotopic (exact) mass is 379 g/mol. The molecule has 1 N–H and O–H groups in total. The SMILES string of the molecule is Cc1cccc(-n2ccnc2SCC(O)COc2ccc(CC#N)cc2)c1. The van der Waals surface area contributed by atoms with Gasteiger partial charge in [0.2, 0.25) is 0 Å². The number of aryl methyl sites for hydroxylation is 1. The molecule has 0 spiro atoms. The van der Waals surface area contributed by atoms with Crippen LogP contribution in [0.4, 0.5) is 0 Å². The Balaban J connectivity index is 1.52. The van der Waals surface area contributed by atoms with Gasteiger partial charge < -0.3 is 9.84 Å². The molecule has 0 aliphatic carbocycles. The highest BCUT2D eigenvalue weighted by Crippen LogP contribution is 2.22. The summed E-state index contributed by atoms with van der Waals surface area (Å²) in [4.78, 5) is 4.39. The van der Waals surface area contributed by atoms with Crippen molar-refractivity contribution in [2.24, 2.45) is 0 Å². The summed E-state index contributed by atoms with van der Waals surface area (Å²) in [6.45, 7) is 2.26. The molecule has 1 atom stereocenters. The van der Waals surface area contributed by atoms with Crippen molar-refractivity contribution in [1.82, 2.24) is 9.55 Å². The molecular weight excluding hydrogens is 358 g/mol. The maximum atomic E-state index is 10.2. The maximum absolute atomic E-state index is 10.2. The molecular formula is C21H21N3O2S. The first-order valence-electron chi connectivity index (χ1n) is 8.65. The van der Waals surface area contributed by atoms with Crippen LogP contribution in [0.25, 0.3) is 5.69 Å². The lowest BCUT2D eigenvalue weighted by atomic mass is 10.2. The molecule has 0 saturated heterocycles. The second-order valence-corrected chi connectivity index (χ2v) is 7.16. The lowest BCUT2D eigenvalue weighted by Crippen LogP contribution is -2.20. The molecule has 138 valence electrons. The zero-order valence-corrected chi connectivity index (χ0v) is 15.9. The Hall–Kier alpha value is -2.75. The van der Waals surface area contributed by atoms with Crippen molar-refractivity contribution in [3.8, 4) is 17.5 Å². The van der Waals surface area contributed by atoms with Gasteiger partial charge in [0.1, 0.15) is 12.4 Å². The van der Waals surface area contributed by atoms with Crippen LogP contribution in [0.2, 0.25) is 0 Å². The molecule has 1 heterocycles. The van der Waals surface area contributed by atoms with E-state index < -0.39 is 6.10 Å². The van der Waals surface area contributed by atoms with Gasteiger partial charge in [-0.25, -0.2) is 4.98 Å². The largest absolute Gasteiger partial charge is 0.491 e. The van der Waals surface area contributed by atoms with Crippen molar-refractivity contribution in [3.63, 3.8) is 0 Å². The van der Waals surface area contributed by atoms with Gasteiger partial charge in [-0.3, -0.25) is 4.57 Å². The zero-order valence-electron chi connectivity index (χ0n) is 15.1. The summed E-state index contributed by atoms with van der Waals surface area (Å²) in [5, 5.41) is 19.7. The predicted octanol–water partition coefficient (Wildman–Crippen LogP) is 3.78. The molecule has 1 unspecified atom stereocenters. The summed E-state index contributed by atoms with van der Waals surface area (Å²) in [7, 11) is 0. The molecule has 27 heavy (non-hydrogen) atoms. The third-order valence-electron chi connectivity index (χ3n) is 3.94. The van der Waals surface area contributed by atoms with Crippen molar-refractivity contribution < 1.29 is 9.84 Å². The molecule has 0 saturated carbocycles. The number of rotatable bonds is 8. The number of nitriles is 1. The van der Waals surface area contributed by atoms with Crippen LogP contribution in [-0.2, 0) is 6.42 Å². The number of ether oxygens (including phenoxy) is 1. The lowest BCUT2D eigenvalue weighted by Gasteiger charge is -2.13. The van der Waals surface area contributed by atoms with Crippen molar-refractivity contribution in [2.75, 3.05) is 12.4 Å². The molecule has 3 rings (SSSR count). The molecule has 0 aliphatic rings. The minimum atomic E-state index is -0.614. The summed E-state index contributed by atoms with van der Waals surface area (Å²) < 4.78 is 7.64. The molecule has 0 amide bonds. The van der Waals surface area contributed by atoms with Gasteiger partial charge in [0.25, 0.3) is 0 Å². The van der Waals surface area contributed by atoms with E-state index in [9.17, 15) is 5.11 Å². The summed E-state index contributed by atoms with van der Waals surface area (Å²) in [5.41, 5.74) is 3.19. The van der Waals surface area contributed by atoms with E-state index in [1.165, 1.54) is 17.3 Å². The van der Waals surface area contributed by atoms with Gasteiger partial charge in [0, 0.05) is 23.8 Å². The quantitative estimate of drug-likeness (QED) is 0.603. The third kappa shape index (κ3) is 5.36. The molecule has 3 aromatic rings. The molecule has 1 aromatic heterocycles. The molecule has 0 radical (unpaired) electrons. The Morgan fingerprint density at radius 2 is 2.07 bits per heavy atom. The highest BCUT2D eigenvalue weighted by molar-refractivity contribution is 7.99. The minimum absolute atomic E-state index is 0.204. The fourth-order valence-corrected chi connectivity index (χ4v) is 3.46.